The zero-order valence-corrected chi connectivity index (χ0v) is 12.6. The highest BCUT2D eigenvalue weighted by Gasteiger charge is 2.32. The summed E-state index contributed by atoms with van der Waals surface area (Å²) in [6, 6.07) is 7.12. The van der Waals surface area contributed by atoms with Gasteiger partial charge in [0.05, 0.1) is 12.1 Å². The van der Waals surface area contributed by atoms with E-state index >= 15 is 0 Å². The highest BCUT2D eigenvalue weighted by atomic mass is 35.5. The molecule has 2 N–H and O–H groups in total. The molecule has 1 heterocycles. The largest absolute Gasteiger partial charge is 0.481 e. The first-order valence-electron chi connectivity index (χ1n) is 6.03. The Kier molecular flexibility index (Phi) is 4.98. The van der Waals surface area contributed by atoms with Gasteiger partial charge >= 0.3 is 5.97 Å². The van der Waals surface area contributed by atoms with Crippen molar-refractivity contribution in [3.63, 3.8) is 0 Å². The highest BCUT2D eigenvalue weighted by molar-refractivity contribution is 8.15. The third-order valence-corrected chi connectivity index (χ3v) is 4.01. The van der Waals surface area contributed by atoms with E-state index in [9.17, 15) is 9.59 Å². The van der Waals surface area contributed by atoms with Crippen LogP contribution in [0.15, 0.2) is 34.5 Å². The summed E-state index contributed by atoms with van der Waals surface area (Å²) in [5, 5.41) is 19.5. The number of hydrogen-bond acceptors (Lipinski definition) is 5. The standard InChI is InChI=1S/C13H12ClN3O3S/c1-7(8-2-4-9(14)5-3-8)16-17-13-15-12(20)10(21-13)6-11(18)19/h2-5,10H,6H2,1H3,(H,18,19)(H,15,17,20)/t10-/m0/s1. The molecule has 1 aliphatic rings. The summed E-state index contributed by atoms with van der Waals surface area (Å²) in [4.78, 5) is 22.1. The minimum atomic E-state index is -1.02. The van der Waals surface area contributed by atoms with Gasteiger partial charge in [0.15, 0.2) is 5.17 Å². The van der Waals surface area contributed by atoms with Crippen molar-refractivity contribution >= 4 is 46.1 Å². The summed E-state index contributed by atoms with van der Waals surface area (Å²) in [6.45, 7) is 1.78. The maximum atomic E-state index is 11.5. The van der Waals surface area contributed by atoms with Gasteiger partial charge in [0.2, 0.25) is 5.91 Å². The SMILES string of the molecule is CC(=NN=C1NC(=O)[C@H](CC(=O)O)S1)c1ccc(Cl)cc1. The van der Waals surface area contributed by atoms with Crippen LogP contribution in [0.3, 0.4) is 0 Å². The first-order valence-corrected chi connectivity index (χ1v) is 7.29. The Labute approximate surface area is 130 Å². The summed E-state index contributed by atoms with van der Waals surface area (Å²) in [5.74, 6) is -1.38. The van der Waals surface area contributed by atoms with Crippen molar-refractivity contribution in [2.75, 3.05) is 0 Å². The topological polar surface area (TPSA) is 91.1 Å². The number of carboxylic acid groups (broad SMARTS) is 1. The molecule has 0 aromatic heterocycles. The van der Waals surface area contributed by atoms with Crippen molar-refractivity contribution in [3.05, 3.63) is 34.9 Å². The highest BCUT2D eigenvalue weighted by Crippen LogP contribution is 2.22. The van der Waals surface area contributed by atoms with Gasteiger partial charge in [0.1, 0.15) is 5.25 Å². The summed E-state index contributed by atoms with van der Waals surface area (Å²) in [7, 11) is 0. The van der Waals surface area contributed by atoms with Crippen molar-refractivity contribution in [1.82, 2.24) is 5.32 Å². The van der Waals surface area contributed by atoms with Crippen LogP contribution in [0.2, 0.25) is 5.02 Å². The third-order valence-electron chi connectivity index (χ3n) is 2.69. The van der Waals surface area contributed by atoms with E-state index in [1.54, 1.807) is 19.1 Å². The predicted molar refractivity (Wildman–Crippen MR) is 82.9 cm³/mol. The van der Waals surface area contributed by atoms with E-state index in [2.05, 4.69) is 15.5 Å². The van der Waals surface area contributed by atoms with Crippen LogP contribution in [0.5, 0.6) is 0 Å². The summed E-state index contributed by atoms with van der Waals surface area (Å²) < 4.78 is 0. The smallest absolute Gasteiger partial charge is 0.305 e. The third kappa shape index (κ3) is 4.30. The number of thioether (sulfide) groups is 1. The molecule has 0 saturated carbocycles. The lowest BCUT2D eigenvalue weighted by Crippen LogP contribution is -2.26. The molecule has 6 nitrogen and oxygen atoms in total. The van der Waals surface area contributed by atoms with Crippen LogP contribution < -0.4 is 5.32 Å². The van der Waals surface area contributed by atoms with Crippen LogP contribution in [0.4, 0.5) is 0 Å². The first-order chi connectivity index (χ1) is 9.95. The summed E-state index contributed by atoms with van der Waals surface area (Å²) >= 11 is 6.87. The number of carbonyl (C=O) groups is 2. The number of aliphatic carboxylic acids is 1. The second-order valence-electron chi connectivity index (χ2n) is 4.29. The van der Waals surface area contributed by atoms with Gasteiger partial charge in [-0.25, -0.2) is 0 Å². The molecule has 1 atom stereocenters. The minimum absolute atomic E-state index is 0.241. The van der Waals surface area contributed by atoms with E-state index in [-0.39, 0.29) is 12.3 Å². The average Bonchev–Trinajstić information content (AvgIpc) is 2.77. The van der Waals surface area contributed by atoms with Crippen molar-refractivity contribution in [2.45, 2.75) is 18.6 Å². The minimum Gasteiger partial charge on any atom is -0.481 e. The lowest BCUT2D eigenvalue weighted by atomic mass is 10.1. The molecule has 1 fully saturated rings. The average molecular weight is 326 g/mol. The van der Waals surface area contributed by atoms with Crippen molar-refractivity contribution in [1.29, 1.82) is 0 Å². The predicted octanol–water partition coefficient (Wildman–Crippen LogP) is 2.13. The Bertz CT molecular complexity index is 628. The molecule has 21 heavy (non-hydrogen) atoms. The van der Waals surface area contributed by atoms with E-state index in [0.29, 0.717) is 15.9 Å². The Morgan fingerprint density at radius 2 is 2.10 bits per heavy atom. The molecule has 1 aromatic rings. The van der Waals surface area contributed by atoms with Crippen LogP contribution in [-0.2, 0) is 9.59 Å². The van der Waals surface area contributed by atoms with E-state index in [1.807, 2.05) is 12.1 Å². The molecule has 0 spiro atoms. The molecular formula is C13H12ClN3O3S. The van der Waals surface area contributed by atoms with Gasteiger partial charge in [0, 0.05) is 5.02 Å². The lowest BCUT2D eigenvalue weighted by Gasteiger charge is -1.99. The molecule has 0 aliphatic carbocycles. The van der Waals surface area contributed by atoms with E-state index in [1.165, 1.54) is 0 Å². The number of amidine groups is 1. The van der Waals surface area contributed by atoms with Crippen molar-refractivity contribution in [2.24, 2.45) is 10.2 Å². The molecule has 110 valence electrons. The van der Waals surface area contributed by atoms with Gasteiger partial charge in [-0.2, -0.15) is 5.10 Å². The maximum absolute atomic E-state index is 11.5. The quantitative estimate of drug-likeness (QED) is 0.655. The molecule has 1 aromatic carbocycles. The van der Waals surface area contributed by atoms with E-state index < -0.39 is 11.2 Å². The molecule has 0 radical (unpaired) electrons. The number of benzene rings is 1. The van der Waals surface area contributed by atoms with Crippen LogP contribution in [0.1, 0.15) is 18.9 Å². The number of halogens is 1. The van der Waals surface area contributed by atoms with Crippen LogP contribution >= 0.6 is 23.4 Å². The molecule has 0 unspecified atom stereocenters. The number of amides is 1. The van der Waals surface area contributed by atoms with Crippen molar-refractivity contribution < 1.29 is 14.7 Å². The number of nitrogens with one attached hydrogen (secondary N) is 1. The molecule has 1 saturated heterocycles. The summed E-state index contributed by atoms with van der Waals surface area (Å²) in [5.41, 5.74) is 1.52. The van der Waals surface area contributed by atoms with E-state index in [4.69, 9.17) is 16.7 Å². The van der Waals surface area contributed by atoms with Crippen LogP contribution in [-0.4, -0.2) is 33.1 Å². The van der Waals surface area contributed by atoms with Gasteiger partial charge in [-0.05, 0) is 24.6 Å². The van der Waals surface area contributed by atoms with Gasteiger partial charge < -0.3 is 10.4 Å². The van der Waals surface area contributed by atoms with Crippen LogP contribution in [0, 0.1) is 0 Å². The molecule has 1 aliphatic heterocycles. The molecular weight excluding hydrogens is 314 g/mol. The van der Waals surface area contributed by atoms with Gasteiger partial charge in [0.25, 0.3) is 0 Å². The van der Waals surface area contributed by atoms with Gasteiger partial charge in [-0.3, -0.25) is 9.59 Å². The van der Waals surface area contributed by atoms with Crippen LogP contribution in [0.25, 0.3) is 0 Å². The molecule has 1 amide bonds. The van der Waals surface area contributed by atoms with Crippen molar-refractivity contribution in [3.8, 4) is 0 Å². The number of carboxylic acids is 1. The Hall–Kier alpha value is -1.86. The maximum Gasteiger partial charge on any atom is 0.305 e. The fourth-order valence-corrected chi connectivity index (χ4v) is 2.65. The van der Waals surface area contributed by atoms with E-state index in [0.717, 1.165) is 17.3 Å². The second kappa shape index (κ2) is 6.73. The second-order valence-corrected chi connectivity index (χ2v) is 5.92. The Morgan fingerprint density at radius 1 is 1.43 bits per heavy atom. The Morgan fingerprint density at radius 3 is 2.71 bits per heavy atom. The molecule has 2 rings (SSSR count). The fourth-order valence-electron chi connectivity index (χ4n) is 1.61. The first kappa shape index (κ1) is 15.5. The van der Waals surface area contributed by atoms with Gasteiger partial charge in [-0.1, -0.05) is 35.5 Å². The molecule has 8 heteroatoms. The number of hydrogen-bond donors (Lipinski definition) is 2. The zero-order valence-electron chi connectivity index (χ0n) is 11.0. The lowest BCUT2D eigenvalue weighted by molar-refractivity contribution is -0.138. The number of carbonyl (C=O) groups excluding carboxylic acids is 1. The number of rotatable bonds is 4. The zero-order chi connectivity index (χ0) is 15.4. The number of nitrogens with zero attached hydrogens (tertiary/aromatic N) is 2. The normalized spacial score (nSPS) is 20.7. The monoisotopic (exact) mass is 325 g/mol. The van der Waals surface area contributed by atoms with Gasteiger partial charge in [-0.15, -0.1) is 5.10 Å². The molecule has 0 bridgehead atoms. The fraction of sp³-hybridized carbons (Fsp3) is 0.231. The Balaban J connectivity index is 2.07. The summed E-state index contributed by atoms with van der Waals surface area (Å²) in [6.07, 6.45) is -0.241.